The number of allylic oxidation sites excluding steroid dienone is 1. The summed E-state index contributed by atoms with van der Waals surface area (Å²) in [5, 5.41) is 7.90. The molecule has 0 bridgehead atoms. The highest BCUT2D eigenvalue weighted by molar-refractivity contribution is 6.00. The van der Waals surface area contributed by atoms with E-state index in [1.165, 1.54) is 12.1 Å². The Morgan fingerprint density at radius 1 is 0.833 bits per heavy atom. The largest absolute Gasteiger partial charge is 0.494 e. The van der Waals surface area contributed by atoms with E-state index in [0.717, 1.165) is 57.1 Å². The zero-order valence-electron chi connectivity index (χ0n) is 22.8. The summed E-state index contributed by atoms with van der Waals surface area (Å²) in [5.74, 6) is -1.05. The SMILES string of the molecule is C=C1Cc2ccc(-c3cccc(NC(=O)C(F)(F)F)c3)cc2N1.CCOc1cccc(-c2ccc3c(c2)NC(=O)C3)c1. The lowest BCUT2D eigenvalue weighted by molar-refractivity contribution is -0.167. The van der Waals surface area contributed by atoms with Gasteiger partial charge in [-0.15, -0.1) is 0 Å². The molecule has 2 aliphatic heterocycles. The first-order valence-electron chi connectivity index (χ1n) is 13.3. The van der Waals surface area contributed by atoms with Crippen molar-refractivity contribution in [1.82, 2.24) is 0 Å². The minimum atomic E-state index is -4.91. The van der Waals surface area contributed by atoms with Crippen LogP contribution in [0.1, 0.15) is 18.1 Å². The fourth-order valence-corrected chi connectivity index (χ4v) is 4.80. The maximum Gasteiger partial charge on any atom is 0.471 e. The van der Waals surface area contributed by atoms with Crippen LogP contribution in [0.4, 0.5) is 30.2 Å². The number of halogens is 3. The Morgan fingerprint density at radius 3 is 2.10 bits per heavy atom. The summed E-state index contributed by atoms with van der Waals surface area (Å²) in [7, 11) is 0. The molecule has 2 aliphatic rings. The maximum absolute atomic E-state index is 12.3. The van der Waals surface area contributed by atoms with Gasteiger partial charge in [-0.2, -0.15) is 13.2 Å². The summed E-state index contributed by atoms with van der Waals surface area (Å²) in [5.41, 5.74) is 8.79. The summed E-state index contributed by atoms with van der Waals surface area (Å²) < 4.78 is 42.5. The number of nitrogens with one attached hydrogen (secondary N) is 3. The molecular weight excluding hydrogens is 543 g/mol. The van der Waals surface area contributed by atoms with Gasteiger partial charge in [0.25, 0.3) is 0 Å². The van der Waals surface area contributed by atoms with E-state index in [-0.39, 0.29) is 11.6 Å². The van der Waals surface area contributed by atoms with Crippen molar-refractivity contribution in [2.24, 2.45) is 0 Å². The molecule has 0 fully saturated rings. The molecule has 6 nitrogen and oxygen atoms in total. The molecule has 2 heterocycles. The molecule has 0 spiro atoms. The lowest BCUT2D eigenvalue weighted by Crippen LogP contribution is -2.29. The predicted octanol–water partition coefficient (Wildman–Crippen LogP) is 7.58. The molecule has 0 saturated carbocycles. The van der Waals surface area contributed by atoms with Gasteiger partial charge >= 0.3 is 12.1 Å². The van der Waals surface area contributed by atoms with Gasteiger partial charge < -0.3 is 20.7 Å². The quantitative estimate of drug-likeness (QED) is 0.231. The van der Waals surface area contributed by atoms with Gasteiger partial charge in [-0.05, 0) is 76.7 Å². The lowest BCUT2D eigenvalue weighted by atomic mass is 10.0. The van der Waals surface area contributed by atoms with E-state index in [1.54, 1.807) is 12.1 Å². The van der Waals surface area contributed by atoms with Crippen LogP contribution in [0.25, 0.3) is 22.3 Å². The maximum atomic E-state index is 12.3. The van der Waals surface area contributed by atoms with E-state index >= 15 is 0 Å². The summed E-state index contributed by atoms with van der Waals surface area (Å²) in [4.78, 5) is 22.4. The number of alkyl halides is 3. The number of ether oxygens (including phenoxy) is 1. The molecule has 2 amide bonds. The Hall–Kier alpha value is -5.05. The third-order valence-electron chi connectivity index (χ3n) is 6.75. The van der Waals surface area contributed by atoms with Crippen molar-refractivity contribution >= 4 is 28.9 Å². The van der Waals surface area contributed by atoms with Gasteiger partial charge in [0.1, 0.15) is 5.75 Å². The summed E-state index contributed by atoms with van der Waals surface area (Å²) >= 11 is 0. The van der Waals surface area contributed by atoms with Crippen LogP contribution in [-0.2, 0) is 22.4 Å². The van der Waals surface area contributed by atoms with E-state index in [2.05, 4.69) is 17.2 Å². The second-order valence-electron chi connectivity index (χ2n) is 9.87. The first kappa shape index (κ1) is 28.5. The normalized spacial score (nSPS) is 13.2. The average Bonchev–Trinajstić information content (AvgIpc) is 3.52. The van der Waals surface area contributed by atoms with Gasteiger partial charge in [-0.25, -0.2) is 0 Å². The summed E-state index contributed by atoms with van der Waals surface area (Å²) in [6.07, 6.45) is -3.67. The Kier molecular flexibility index (Phi) is 8.01. The summed E-state index contributed by atoms with van der Waals surface area (Å²) in [6.45, 7) is 6.50. The summed E-state index contributed by atoms with van der Waals surface area (Å²) in [6, 6.07) is 26.1. The van der Waals surface area contributed by atoms with Crippen LogP contribution < -0.4 is 20.7 Å². The fourth-order valence-electron chi connectivity index (χ4n) is 4.80. The highest BCUT2D eigenvalue weighted by Crippen LogP contribution is 2.33. The molecule has 42 heavy (non-hydrogen) atoms. The Morgan fingerprint density at radius 2 is 1.43 bits per heavy atom. The molecule has 214 valence electrons. The van der Waals surface area contributed by atoms with E-state index < -0.39 is 12.1 Å². The van der Waals surface area contributed by atoms with Crippen LogP contribution in [0.2, 0.25) is 0 Å². The predicted molar refractivity (Wildman–Crippen MR) is 158 cm³/mol. The zero-order chi connectivity index (χ0) is 29.9. The molecule has 0 aromatic heterocycles. The monoisotopic (exact) mass is 571 g/mol. The average molecular weight is 572 g/mol. The molecular formula is C33H28F3N3O3. The minimum Gasteiger partial charge on any atom is -0.494 e. The molecule has 0 atom stereocenters. The number of carbonyl (C=O) groups is 2. The minimum absolute atomic E-state index is 0.0650. The van der Waals surface area contributed by atoms with Crippen molar-refractivity contribution in [3.63, 3.8) is 0 Å². The second-order valence-corrected chi connectivity index (χ2v) is 9.87. The van der Waals surface area contributed by atoms with Gasteiger partial charge in [0.2, 0.25) is 5.91 Å². The molecule has 0 aliphatic carbocycles. The molecule has 6 rings (SSSR count). The number of hydrogen-bond donors (Lipinski definition) is 3. The zero-order valence-corrected chi connectivity index (χ0v) is 22.8. The molecule has 3 N–H and O–H groups in total. The van der Waals surface area contributed by atoms with Crippen LogP contribution >= 0.6 is 0 Å². The van der Waals surface area contributed by atoms with E-state index in [4.69, 9.17) is 4.74 Å². The van der Waals surface area contributed by atoms with Crippen molar-refractivity contribution in [3.8, 4) is 28.0 Å². The Labute approximate surface area is 241 Å². The van der Waals surface area contributed by atoms with E-state index in [9.17, 15) is 22.8 Å². The van der Waals surface area contributed by atoms with Gasteiger partial charge in [-0.3, -0.25) is 9.59 Å². The number of carbonyl (C=O) groups excluding carboxylic acids is 2. The molecule has 0 radical (unpaired) electrons. The van der Waals surface area contributed by atoms with E-state index in [0.29, 0.717) is 18.6 Å². The van der Waals surface area contributed by atoms with Crippen LogP contribution in [0.15, 0.2) is 97.2 Å². The molecule has 0 unspecified atom stereocenters. The number of benzene rings is 4. The van der Waals surface area contributed by atoms with Gasteiger partial charge in [0.15, 0.2) is 0 Å². The van der Waals surface area contributed by atoms with Gasteiger partial charge in [-0.1, -0.05) is 55.1 Å². The first-order valence-corrected chi connectivity index (χ1v) is 13.3. The van der Waals surface area contributed by atoms with Crippen molar-refractivity contribution in [2.75, 3.05) is 22.6 Å². The number of fused-ring (bicyclic) bond motifs is 2. The number of rotatable bonds is 5. The fraction of sp³-hybridized carbons (Fsp3) is 0.152. The van der Waals surface area contributed by atoms with Crippen molar-refractivity contribution in [3.05, 3.63) is 108 Å². The smallest absolute Gasteiger partial charge is 0.471 e. The number of amides is 2. The van der Waals surface area contributed by atoms with Gasteiger partial charge in [0.05, 0.1) is 13.0 Å². The molecule has 4 aromatic carbocycles. The van der Waals surface area contributed by atoms with Crippen LogP contribution in [0, 0.1) is 0 Å². The van der Waals surface area contributed by atoms with E-state index in [1.807, 2.05) is 72.9 Å². The van der Waals surface area contributed by atoms with Crippen molar-refractivity contribution in [2.45, 2.75) is 25.9 Å². The first-order chi connectivity index (χ1) is 20.1. The Bertz CT molecular complexity index is 1680. The van der Waals surface area contributed by atoms with Crippen molar-refractivity contribution < 1.29 is 27.5 Å². The van der Waals surface area contributed by atoms with Crippen LogP contribution in [0.5, 0.6) is 5.75 Å². The molecule has 9 heteroatoms. The standard InChI is InChI=1S/C17H13F3N2O.C16H15NO2/c1-10-7-13-6-5-12(9-15(13)21-10)11-3-2-4-14(8-11)22-16(23)17(18,19)20;1-2-19-14-5-3-4-11(8-14)12-6-7-13-10-16(18)17-15(13)9-12/h2-6,8-9,21H,1,7H2,(H,22,23);3-9H,2,10H2,1H3,(H,17,18). The third kappa shape index (κ3) is 6.63. The highest BCUT2D eigenvalue weighted by atomic mass is 19.4. The Balaban J connectivity index is 0.000000171. The number of hydrogen-bond acceptors (Lipinski definition) is 4. The highest BCUT2D eigenvalue weighted by Gasteiger charge is 2.38. The topological polar surface area (TPSA) is 79.5 Å². The van der Waals surface area contributed by atoms with Gasteiger partial charge in [0, 0.05) is 29.2 Å². The lowest BCUT2D eigenvalue weighted by Gasteiger charge is -2.10. The third-order valence-corrected chi connectivity index (χ3v) is 6.75. The molecule has 4 aromatic rings. The molecule has 0 saturated heterocycles. The number of anilines is 3. The van der Waals surface area contributed by atoms with Crippen molar-refractivity contribution in [1.29, 1.82) is 0 Å². The van der Waals surface area contributed by atoms with Crippen LogP contribution in [-0.4, -0.2) is 24.6 Å². The van der Waals surface area contributed by atoms with Crippen LogP contribution in [0.3, 0.4) is 0 Å². The second kappa shape index (κ2) is 11.8.